The molecule has 0 fully saturated rings. The van der Waals surface area contributed by atoms with Crippen LogP contribution in [0.1, 0.15) is 27.8 Å². The Morgan fingerprint density at radius 1 is 1.24 bits per heavy atom. The highest BCUT2D eigenvalue weighted by molar-refractivity contribution is 7.99. The first-order chi connectivity index (χ1) is 16.4. The van der Waals surface area contributed by atoms with E-state index in [9.17, 15) is 14.7 Å². The zero-order chi connectivity index (χ0) is 24.5. The summed E-state index contributed by atoms with van der Waals surface area (Å²) in [6, 6.07) is 13.4. The fourth-order valence-corrected chi connectivity index (χ4v) is 3.95. The number of allylic oxidation sites excluding steroid dienone is 1. The number of nitrogens with one attached hydrogen (secondary N) is 2. The third kappa shape index (κ3) is 6.46. The van der Waals surface area contributed by atoms with Gasteiger partial charge in [0.2, 0.25) is 5.91 Å². The fourth-order valence-electron chi connectivity index (χ4n) is 3.19. The van der Waals surface area contributed by atoms with Gasteiger partial charge in [-0.15, -0.1) is 16.8 Å². The lowest BCUT2D eigenvalue weighted by Crippen LogP contribution is -2.33. The zero-order valence-corrected chi connectivity index (χ0v) is 19.8. The van der Waals surface area contributed by atoms with Crippen molar-refractivity contribution in [3.8, 4) is 5.75 Å². The SMILES string of the molecule is C=CCn1c(SCC(=O)Nc2cccc(C)c2)nnc1[C@H](CO)NC(=O)c1ccc(OC)cc1. The van der Waals surface area contributed by atoms with E-state index in [0.717, 1.165) is 11.3 Å². The highest BCUT2D eigenvalue weighted by Crippen LogP contribution is 2.22. The maximum absolute atomic E-state index is 12.7. The molecule has 2 aromatic carbocycles. The van der Waals surface area contributed by atoms with Gasteiger partial charge in [0, 0.05) is 17.8 Å². The molecule has 34 heavy (non-hydrogen) atoms. The van der Waals surface area contributed by atoms with Gasteiger partial charge in [-0.05, 0) is 48.9 Å². The molecule has 0 unspecified atom stereocenters. The molecule has 0 aliphatic carbocycles. The van der Waals surface area contributed by atoms with Crippen molar-refractivity contribution in [2.75, 3.05) is 24.8 Å². The van der Waals surface area contributed by atoms with Crippen molar-refractivity contribution in [1.82, 2.24) is 20.1 Å². The van der Waals surface area contributed by atoms with E-state index in [2.05, 4.69) is 27.4 Å². The zero-order valence-electron chi connectivity index (χ0n) is 19.0. The van der Waals surface area contributed by atoms with Crippen LogP contribution >= 0.6 is 11.8 Å². The normalized spacial score (nSPS) is 11.5. The summed E-state index contributed by atoms with van der Waals surface area (Å²) in [5.41, 5.74) is 2.18. The predicted molar refractivity (Wildman–Crippen MR) is 131 cm³/mol. The Balaban J connectivity index is 1.69. The summed E-state index contributed by atoms with van der Waals surface area (Å²) in [5, 5.41) is 24.4. The summed E-state index contributed by atoms with van der Waals surface area (Å²) in [6.45, 7) is 5.68. The van der Waals surface area contributed by atoms with Gasteiger partial charge in [-0.3, -0.25) is 9.59 Å². The van der Waals surface area contributed by atoms with E-state index in [0.29, 0.717) is 28.8 Å². The maximum atomic E-state index is 12.7. The van der Waals surface area contributed by atoms with Crippen LogP contribution in [0.3, 0.4) is 0 Å². The lowest BCUT2D eigenvalue weighted by atomic mass is 10.2. The molecule has 178 valence electrons. The molecule has 0 aliphatic heterocycles. The largest absolute Gasteiger partial charge is 0.497 e. The summed E-state index contributed by atoms with van der Waals surface area (Å²) in [6.07, 6.45) is 1.66. The number of benzene rings is 2. The smallest absolute Gasteiger partial charge is 0.251 e. The summed E-state index contributed by atoms with van der Waals surface area (Å²) >= 11 is 1.21. The predicted octanol–water partition coefficient (Wildman–Crippen LogP) is 2.98. The molecule has 1 heterocycles. The minimum Gasteiger partial charge on any atom is -0.497 e. The number of aromatic nitrogens is 3. The van der Waals surface area contributed by atoms with Crippen molar-refractivity contribution in [1.29, 1.82) is 0 Å². The standard InChI is InChI=1S/C24H27N5O4S/c1-4-12-29-22(20(14-30)26-23(32)17-8-10-19(33-3)11-9-17)27-28-24(29)34-15-21(31)25-18-7-5-6-16(2)13-18/h4-11,13,20,30H,1,12,14-15H2,2-3H3,(H,25,31)(H,26,32)/t20-/m0/s1. The molecule has 0 aliphatic rings. The average Bonchev–Trinajstić information content (AvgIpc) is 3.23. The van der Waals surface area contributed by atoms with Gasteiger partial charge in [0.25, 0.3) is 5.91 Å². The minimum atomic E-state index is -0.794. The van der Waals surface area contributed by atoms with Crippen LogP contribution in [0.2, 0.25) is 0 Å². The van der Waals surface area contributed by atoms with Crippen LogP contribution in [0.4, 0.5) is 5.69 Å². The third-order valence-corrected chi connectivity index (χ3v) is 5.81. The summed E-state index contributed by atoms with van der Waals surface area (Å²) in [7, 11) is 1.55. The number of aryl methyl sites for hydroxylation is 1. The number of methoxy groups -OCH3 is 1. The molecule has 3 aromatic rings. The number of carbonyl (C=O) groups excluding carboxylic acids is 2. The number of amides is 2. The van der Waals surface area contributed by atoms with Gasteiger partial charge in [0.15, 0.2) is 11.0 Å². The number of hydrogen-bond donors (Lipinski definition) is 3. The van der Waals surface area contributed by atoms with Crippen molar-refractivity contribution >= 4 is 29.3 Å². The number of ether oxygens (including phenoxy) is 1. The van der Waals surface area contributed by atoms with E-state index in [1.165, 1.54) is 11.8 Å². The molecule has 0 spiro atoms. The lowest BCUT2D eigenvalue weighted by Gasteiger charge is -2.17. The van der Waals surface area contributed by atoms with Gasteiger partial charge in [-0.25, -0.2) is 0 Å². The molecular weight excluding hydrogens is 454 g/mol. The number of aliphatic hydroxyl groups is 1. The Morgan fingerprint density at radius 3 is 2.65 bits per heavy atom. The summed E-state index contributed by atoms with van der Waals surface area (Å²) in [4.78, 5) is 25.1. The number of rotatable bonds is 11. The number of thioether (sulfide) groups is 1. The first kappa shape index (κ1) is 25.0. The average molecular weight is 482 g/mol. The number of carbonyl (C=O) groups is 2. The van der Waals surface area contributed by atoms with Gasteiger partial charge >= 0.3 is 0 Å². The maximum Gasteiger partial charge on any atom is 0.251 e. The highest BCUT2D eigenvalue weighted by Gasteiger charge is 2.23. The molecule has 0 radical (unpaired) electrons. The van der Waals surface area contributed by atoms with Crippen molar-refractivity contribution in [2.24, 2.45) is 0 Å². The third-order valence-electron chi connectivity index (χ3n) is 4.84. The van der Waals surface area contributed by atoms with Crippen molar-refractivity contribution in [3.05, 3.63) is 78.1 Å². The second kappa shape index (κ2) is 12.0. The molecule has 2 amide bonds. The summed E-state index contributed by atoms with van der Waals surface area (Å²) < 4.78 is 6.83. The lowest BCUT2D eigenvalue weighted by molar-refractivity contribution is -0.113. The first-order valence-corrected chi connectivity index (χ1v) is 11.5. The Morgan fingerprint density at radius 2 is 2.00 bits per heavy atom. The van der Waals surface area contributed by atoms with Crippen LogP contribution in [0.25, 0.3) is 0 Å². The van der Waals surface area contributed by atoms with Crippen molar-refractivity contribution in [3.63, 3.8) is 0 Å². The number of aliphatic hydroxyl groups excluding tert-OH is 1. The summed E-state index contributed by atoms with van der Waals surface area (Å²) in [5.74, 6) is 0.559. The Labute approximate surface area is 202 Å². The molecule has 0 saturated heterocycles. The molecule has 10 heteroatoms. The van der Waals surface area contributed by atoms with Gasteiger partial charge in [-0.2, -0.15) is 0 Å². The van der Waals surface area contributed by atoms with Gasteiger partial charge in [0.1, 0.15) is 11.8 Å². The van der Waals surface area contributed by atoms with Crippen LogP contribution in [-0.4, -0.2) is 51.2 Å². The molecular formula is C24H27N5O4S. The Hall–Kier alpha value is -3.63. The Bertz CT molecular complexity index is 1150. The van der Waals surface area contributed by atoms with Crippen LogP contribution in [-0.2, 0) is 11.3 Å². The quantitative estimate of drug-likeness (QED) is 0.285. The molecule has 0 saturated carbocycles. The molecule has 1 atom stereocenters. The number of anilines is 1. The van der Waals surface area contributed by atoms with Crippen LogP contribution in [0.15, 0.2) is 66.3 Å². The minimum absolute atomic E-state index is 0.116. The topological polar surface area (TPSA) is 118 Å². The number of nitrogens with zero attached hydrogens (tertiary/aromatic N) is 3. The van der Waals surface area contributed by atoms with Crippen LogP contribution < -0.4 is 15.4 Å². The second-order valence-corrected chi connectivity index (χ2v) is 8.33. The van der Waals surface area contributed by atoms with Crippen molar-refractivity contribution < 1.29 is 19.4 Å². The van der Waals surface area contributed by atoms with Crippen molar-refractivity contribution in [2.45, 2.75) is 24.7 Å². The van der Waals surface area contributed by atoms with Gasteiger partial charge in [-0.1, -0.05) is 30.0 Å². The van der Waals surface area contributed by atoms with Gasteiger partial charge < -0.3 is 25.0 Å². The van der Waals surface area contributed by atoms with E-state index < -0.39 is 6.04 Å². The molecule has 3 rings (SSSR count). The highest BCUT2D eigenvalue weighted by atomic mass is 32.2. The molecule has 3 N–H and O–H groups in total. The van der Waals surface area contributed by atoms with E-state index >= 15 is 0 Å². The molecule has 9 nitrogen and oxygen atoms in total. The van der Waals surface area contributed by atoms with E-state index in [1.807, 2.05) is 31.2 Å². The monoisotopic (exact) mass is 481 g/mol. The Kier molecular flexibility index (Phi) is 8.83. The molecule has 0 bridgehead atoms. The van der Waals surface area contributed by atoms with Crippen LogP contribution in [0.5, 0.6) is 5.75 Å². The fraction of sp³-hybridized carbons (Fsp3) is 0.250. The van der Waals surface area contributed by atoms with Crippen LogP contribution in [0, 0.1) is 6.92 Å². The van der Waals surface area contributed by atoms with E-state index in [4.69, 9.17) is 4.74 Å². The second-order valence-electron chi connectivity index (χ2n) is 7.38. The first-order valence-electron chi connectivity index (χ1n) is 10.5. The van der Waals surface area contributed by atoms with E-state index in [1.54, 1.807) is 42.0 Å². The molecule has 1 aromatic heterocycles. The number of hydrogen-bond acceptors (Lipinski definition) is 7. The van der Waals surface area contributed by atoms with E-state index in [-0.39, 0.29) is 24.2 Å². The van der Waals surface area contributed by atoms with Gasteiger partial charge in [0.05, 0.1) is 19.5 Å².